The van der Waals surface area contributed by atoms with E-state index in [9.17, 15) is 0 Å². The van der Waals surface area contributed by atoms with Gasteiger partial charge in [0.1, 0.15) is 5.82 Å². The summed E-state index contributed by atoms with van der Waals surface area (Å²) in [5.74, 6) is 1.18. The summed E-state index contributed by atoms with van der Waals surface area (Å²) in [4.78, 5) is 2.31. The summed E-state index contributed by atoms with van der Waals surface area (Å²) >= 11 is 0. The van der Waals surface area contributed by atoms with Crippen molar-refractivity contribution in [2.24, 2.45) is 7.05 Å². The molecular formula is C9H15N3O. The van der Waals surface area contributed by atoms with Crippen LogP contribution in [0.15, 0.2) is 12.3 Å². The molecule has 0 N–H and O–H groups in total. The van der Waals surface area contributed by atoms with Gasteiger partial charge in [0.25, 0.3) is 0 Å². The summed E-state index contributed by atoms with van der Waals surface area (Å²) in [6, 6.07) is 2.04. The minimum Gasteiger partial charge on any atom is -0.380 e. The van der Waals surface area contributed by atoms with Gasteiger partial charge in [-0.3, -0.25) is 4.68 Å². The molecule has 0 spiro atoms. The van der Waals surface area contributed by atoms with Crippen molar-refractivity contribution in [1.29, 1.82) is 0 Å². The predicted molar refractivity (Wildman–Crippen MR) is 50.8 cm³/mol. The third-order valence-electron chi connectivity index (χ3n) is 2.60. The highest BCUT2D eigenvalue weighted by molar-refractivity contribution is 5.39. The smallest absolute Gasteiger partial charge is 0.126 e. The Morgan fingerprint density at radius 2 is 2.46 bits per heavy atom. The van der Waals surface area contributed by atoms with Crippen LogP contribution in [0.1, 0.15) is 6.42 Å². The molecule has 4 heteroatoms. The predicted octanol–water partition coefficient (Wildman–Crippen LogP) is 0.645. The summed E-state index contributed by atoms with van der Waals surface area (Å²) in [6.45, 7) is 2.05. The lowest BCUT2D eigenvalue weighted by molar-refractivity contribution is 0.121. The molecule has 1 aromatic rings. The molecule has 1 aliphatic heterocycles. The molecule has 0 unspecified atom stereocenters. The van der Waals surface area contributed by atoms with Gasteiger partial charge in [-0.25, -0.2) is 0 Å². The van der Waals surface area contributed by atoms with E-state index in [0.717, 1.165) is 19.5 Å². The Balaban J connectivity index is 2.08. The summed E-state index contributed by atoms with van der Waals surface area (Å²) in [7, 11) is 3.74. The lowest BCUT2D eigenvalue weighted by Gasteiger charge is -2.17. The minimum atomic E-state index is 0.384. The third-order valence-corrected chi connectivity index (χ3v) is 2.60. The third kappa shape index (κ3) is 1.54. The Hall–Kier alpha value is -1.03. The number of rotatable bonds is 2. The monoisotopic (exact) mass is 181 g/mol. The number of nitrogens with zero attached hydrogens (tertiary/aromatic N) is 3. The first-order valence-electron chi connectivity index (χ1n) is 4.57. The number of ether oxygens (including phenoxy) is 1. The maximum absolute atomic E-state index is 5.31. The first-order valence-corrected chi connectivity index (χ1v) is 4.57. The van der Waals surface area contributed by atoms with Crippen molar-refractivity contribution >= 4 is 5.82 Å². The van der Waals surface area contributed by atoms with Crippen LogP contribution in [0, 0.1) is 0 Å². The van der Waals surface area contributed by atoms with E-state index in [1.54, 1.807) is 7.11 Å². The molecule has 1 atom stereocenters. The van der Waals surface area contributed by atoms with Crippen LogP contribution in [0.3, 0.4) is 0 Å². The lowest BCUT2D eigenvalue weighted by Crippen LogP contribution is -2.24. The Kier molecular flexibility index (Phi) is 2.22. The second-order valence-corrected chi connectivity index (χ2v) is 3.41. The average molecular weight is 181 g/mol. The average Bonchev–Trinajstić information content (AvgIpc) is 2.71. The molecule has 0 amide bonds. The van der Waals surface area contributed by atoms with Crippen LogP contribution >= 0.6 is 0 Å². The first-order chi connectivity index (χ1) is 6.31. The van der Waals surface area contributed by atoms with Crippen LogP contribution < -0.4 is 4.90 Å². The Bertz CT molecular complexity index is 284. The molecule has 1 aromatic heterocycles. The van der Waals surface area contributed by atoms with Gasteiger partial charge >= 0.3 is 0 Å². The molecule has 0 aliphatic carbocycles. The molecule has 2 rings (SSSR count). The second kappa shape index (κ2) is 3.38. The molecule has 2 heterocycles. The number of aromatic nitrogens is 2. The highest BCUT2D eigenvalue weighted by Gasteiger charge is 2.23. The van der Waals surface area contributed by atoms with E-state index in [1.165, 1.54) is 5.82 Å². The van der Waals surface area contributed by atoms with Crippen LogP contribution in [0.4, 0.5) is 5.82 Å². The standard InChI is InChI=1S/C9H15N3O/c1-11-9(3-5-10-11)12-6-4-8(7-12)13-2/h3,5,8H,4,6-7H2,1-2H3/t8-/m1/s1. The van der Waals surface area contributed by atoms with Gasteiger partial charge in [-0.05, 0) is 6.42 Å². The minimum absolute atomic E-state index is 0.384. The first kappa shape index (κ1) is 8.56. The number of aryl methyl sites for hydroxylation is 1. The van der Waals surface area contributed by atoms with E-state index in [-0.39, 0.29) is 0 Å². The van der Waals surface area contributed by atoms with Crippen molar-refractivity contribution in [2.75, 3.05) is 25.1 Å². The summed E-state index contributed by atoms with van der Waals surface area (Å²) in [6.07, 6.45) is 3.33. The van der Waals surface area contributed by atoms with E-state index < -0.39 is 0 Å². The molecule has 13 heavy (non-hydrogen) atoms. The van der Waals surface area contributed by atoms with Gasteiger partial charge in [0.05, 0.1) is 12.3 Å². The molecule has 1 fully saturated rings. The molecule has 1 saturated heterocycles. The molecule has 72 valence electrons. The zero-order valence-corrected chi connectivity index (χ0v) is 8.10. The maximum atomic E-state index is 5.31. The maximum Gasteiger partial charge on any atom is 0.126 e. The largest absolute Gasteiger partial charge is 0.380 e. The van der Waals surface area contributed by atoms with Gasteiger partial charge in [0.2, 0.25) is 0 Å². The highest BCUT2D eigenvalue weighted by atomic mass is 16.5. The molecule has 0 aromatic carbocycles. The molecule has 0 saturated carbocycles. The molecular weight excluding hydrogens is 166 g/mol. The van der Waals surface area contributed by atoms with Gasteiger partial charge in [-0.1, -0.05) is 0 Å². The van der Waals surface area contributed by atoms with Crippen LogP contribution in [0.2, 0.25) is 0 Å². The van der Waals surface area contributed by atoms with E-state index in [4.69, 9.17) is 4.74 Å². The quantitative estimate of drug-likeness (QED) is 0.671. The SMILES string of the molecule is CO[C@@H]1CCN(c2ccnn2C)C1. The van der Waals surface area contributed by atoms with Gasteiger partial charge in [0.15, 0.2) is 0 Å². The van der Waals surface area contributed by atoms with Gasteiger partial charge < -0.3 is 9.64 Å². The van der Waals surface area contributed by atoms with Crippen LogP contribution in [0.25, 0.3) is 0 Å². The fourth-order valence-corrected chi connectivity index (χ4v) is 1.81. The summed E-state index contributed by atoms with van der Waals surface area (Å²) in [5, 5.41) is 4.15. The van der Waals surface area contributed by atoms with Gasteiger partial charge in [0, 0.05) is 33.3 Å². The van der Waals surface area contributed by atoms with Crippen LogP contribution in [-0.4, -0.2) is 36.1 Å². The van der Waals surface area contributed by atoms with Crippen molar-refractivity contribution < 1.29 is 4.74 Å². The van der Waals surface area contributed by atoms with Crippen molar-refractivity contribution in [2.45, 2.75) is 12.5 Å². The molecule has 1 aliphatic rings. The normalized spacial score (nSPS) is 22.6. The Morgan fingerprint density at radius 3 is 3.00 bits per heavy atom. The Labute approximate surface area is 78.1 Å². The van der Waals surface area contributed by atoms with Crippen LogP contribution in [0.5, 0.6) is 0 Å². The molecule has 0 radical (unpaired) electrons. The zero-order valence-electron chi connectivity index (χ0n) is 8.10. The van der Waals surface area contributed by atoms with E-state index >= 15 is 0 Å². The fourth-order valence-electron chi connectivity index (χ4n) is 1.81. The fraction of sp³-hybridized carbons (Fsp3) is 0.667. The van der Waals surface area contributed by atoms with Gasteiger partial charge in [-0.2, -0.15) is 5.10 Å². The van der Waals surface area contributed by atoms with Crippen molar-refractivity contribution in [1.82, 2.24) is 9.78 Å². The zero-order chi connectivity index (χ0) is 9.26. The topological polar surface area (TPSA) is 30.3 Å². The number of methoxy groups -OCH3 is 1. The number of hydrogen-bond donors (Lipinski definition) is 0. The summed E-state index contributed by atoms with van der Waals surface area (Å²) < 4.78 is 7.21. The highest BCUT2D eigenvalue weighted by Crippen LogP contribution is 2.19. The number of anilines is 1. The van der Waals surface area contributed by atoms with E-state index in [1.807, 2.05) is 24.0 Å². The van der Waals surface area contributed by atoms with Crippen LogP contribution in [-0.2, 0) is 11.8 Å². The number of hydrogen-bond acceptors (Lipinski definition) is 3. The lowest BCUT2D eigenvalue weighted by atomic mass is 10.3. The summed E-state index contributed by atoms with van der Waals surface area (Å²) in [5.41, 5.74) is 0. The second-order valence-electron chi connectivity index (χ2n) is 3.41. The van der Waals surface area contributed by atoms with E-state index in [0.29, 0.717) is 6.10 Å². The van der Waals surface area contributed by atoms with Crippen molar-refractivity contribution in [3.8, 4) is 0 Å². The molecule has 4 nitrogen and oxygen atoms in total. The van der Waals surface area contributed by atoms with Crippen molar-refractivity contribution in [3.63, 3.8) is 0 Å². The Morgan fingerprint density at radius 1 is 1.62 bits per heavy atom. The van der Waals surface area contributed by atoms with Gasteiger partial charge in [-0.15, -0.1) is 0 Å². The molecule has 0 bridgehead atoms. The van der Waals surface area contributed by atoms with Crippen molar-refractivity contribution in [3.05, 3.63) is 12.3 Å². The van der Waals surface area contributed by atoms with E-state index in [2.05, 4.69) is 10.00 Å².